The minimum Gasteiger partial charge on any atom is -0.443 e. The fraction of sp³-hybridized carbons (Fsp3) is 0.190. The van der Waals surface area contributed by atoms with E-state index in [2.05, 4.69) is 37.8 Å². The molecule has 4 rings (SSSR count). The summed E-state index contributed by atoms with van der Waals surface area (Å²) >= 11 is 1.61. The minimum atomic E-state index is 0. The first-order chi connectivity index (χ1) is 14.3. The van der Waals surface area contributed by atoms with Gasteiger partial charge < -0.3 is 15.1 Å². The summed E-state index contributed by atoms with van der Waals surface area (Å²) in [6, 6.07) is 14.2. The summed E-state index contributed by atoms with van der Waals surface area (Å²) in [5, 5.41) is 12.9. The van der Waals surface area contributed by atoms with Crippen molar-refractivity contribution in [2.45, 2.75) is 19.6 Å². The molecule has 0 saturated carbocycles. The molecule has 0 aliphatic carbocycles. The first kappa shape index (κ1) is 22.0. The fourth-order valence-electron chi connectivity index (χ4n) is 2.93. The van der Waals surface area contributed by atoms with Gasteiger partial charge in [0.25, 0.3) is 0 Å². The lowest BCUT2D eigenvalue weighted by Gasteiger charge is -2.14. The quantitative estimate of drug-likeness (QED) is 0.212. The molecule has 0 atom stereocenters. The van der Waals surface area contributed by atoms with Crippen molar-refractivity contribution < 1.29 is 4.42 Å². The monoisotopic (exact) mass is 534 g/mol. The maximum Gasteiger partial charge on any atom is 0.236 e. The Morgan fingerprint density at radius 2 is 1.93 bits per heavy atom. The summed E-state index contributed by atoms with van der Waals surface area (Å²) in [6.07, 6.45) is 5.43. The highest BCUT2D eigenvalue weighted by Crippen LogP contribution is 2.23. The number of hydrogen-bond donors (Lipinski definition) is 2. The molecule has 3 heterocycles. The van der Waals surface area contributed by atoms with Crippen LogP contribution in [0.5, 0.6) is 0 Å². The van der Waals surface area contributed by atoms with Crippen LogP contribution in [0.2, 0.25) is 0 Å². The van der Waals surface area contributed by atoms with Gasteiger partial charge in [0.15, 0.2) is 5.96 Å². The van der Waals surface area contributed by atoms with Crippen molar-refractivity contribution in [3.63, 3.8) is 0 Å². The molecule has 0 fully saturated rings. The molecule has 3 aromatic heterocycles. The smallest absolute Gasteiger partial charge is 0.236 e. The van der Waals surface area contributed by atoms with Crippen LogP contribution >= 0.6 is 35.3 Å². The molecule has 0 aliphatic heterocycles. The van der Waals surface area contributed by atoms with Crippen molar-refractivity contribution in [1.29, 1.82) is 0 Å². The second kappa shape index (κ2) is 10.9. The summed E-state index contributed by atoms with van der Waals surface area (Å²) < 4.78 is 7.48. The number of aliphatic imine (C=N–C) groups is 1. The SMILES string of the molecule is CN=C(NCc1coc(-c2cccs2)n1)NCc1ccccc1Cn1cccn1.I. The summed E-state index contributed by atoms with van der Waals surface area (Å²) in [6.45, 7) is 1.93. The van der Waals surface area contributed by atoms with Gasteiger partial charge in [-0.15, -0.1) is 35.3 Å². The largest absolute Gasteiger partial charge is 0.443 e. The van der Waals surface area contributed by atoms with Crippen LogP contribution in [0.15, 0.2) is 75.9 Å². The number of benzene rings is 1. The summed E-state index contributed by atoms with van der Waals surface area (Å²) in [7, 11) is 1.75. The Balaban J connectivity index is 0.00000256. The Morgan fingerprint density at radius 1 is 1.10 bits per heavy atom. The van der Waals surface area contributed by atoms with Crippen molar-refractivity contribution in [2.75, 3.05) is 7.05 Å². The number of halogens is 1. The predicted molar refractivity (Wildman–Crippen MR) is 130 cm³/mol. The first-order valence-electron chi connectivity index (χ1n) is 9.29. The Bertz CT molecular complexity index is 1060. The number of nitrogens with one attached hydrogen (secondary N) is 2. The van der Waals surface area contributed by atoms with Gasteiger partial charge in [-0.1, -0.05) is 30.3 Å². The van der Waals surface area contributed by atoms with Crippen LogP contribution in [0.1, 0.15) is 16.8 Å². The first-order valence-corrected chi connectivity index (χ1v) is 10.2. The normalized spacial score (nSPS) is 11.2. The van der Waals surface area contributed by atoms with Gasteiger partial charge in [-0.2, -0.15) is 5.10 Å². The lowest BCUT2D eigenvalue weighted by molar-refractivity contribution is 0.573. The van der Waals surface area contributed by atoms with Crippen LogP contribution in [0, 0.1) is 0 Å². The fourth-order valence-corrected chi connectivity index (χ4v) is 3.58. The Morgan fingerprint density at radius 3 is 2.67 bits per heavy atom. The van der Waals surface area contributed by atoms with E-state index < -0.39 is 0 Å². The van der Waals surface area contributed by atoms with Gasteiger partial charge in [-0.3, -0.25) is 9.67 Å². The number of nitrogens with zero attached hydrogens (tertiary/aromatic N) is 4. The number of hydrogen-bond acceptors (Lipinski definition) is 5. The highest BCUT2D eigenvalue weighted by Gasteiger charge is 2.09. The van der Waals surface area contributed by atoms with E-state index in [0.717, 1.165) is 17.1 Å². The van der Waals surface area contributed by atoms with E-state index in [0.29, 0.717) is 24.9 Å². The summed E-state index contributed by atoms with van der Waals surface area (Å²) in [4.78, 5) is 9.84. The van der Waals surface area contributed by atoms with E-state index in [1.807, 2.05) is 46.6 Å². The second-order valence-corrected chi connectivity index (χ2v) is 7.32. The number of aromatic nitrogens is 3. The molecule has 4 aromatic rings. The van der Waals surface area contributed by atoms with Gasteiger partial charge in [-0.25, -0.2) is 4.98 Å². The molecule has 1 aromatic carbocycles. The van der Waals surface area contributed by atoms with Gasteiger partial charge in [0.1, 0.15) is 6.26 Å². The average Bonchev–Trinajstić information content (AvgIpc) is 3.51. The van der Waals surface area contributed by atoms with Gasteiger partial charge in [0.2, 0.25) is 5.89 Å². The Hall–Kier alpha value is -2.66. The number of oxazole rings is 1. The van der Waals surface area contributed by atoms with Crippen LogP contribution in [-0.4, -0.2) is 27.8 Å². The number of rotatable bonds is 7. The maximum absolute atomic E-state index is 5.56. The molecule has 0 bridgehead atoms. The zero-order chi connectivity index (χ0) is 19.9. The van der Waals surface area contributed by atoms with E-state index in [-0.39, 0.29) is 24.0 Å². The summed E-state index contributed by atoms with van der Waals surface area (Å²) in [5.41, 5.74) is 3.25. The van der Waals surface area contributed by atoms with Crippen LogP contribution in [0.25, 0.3) is 10.8 Å². The third-order valence-corrected chi connectivity index (χ3v) is 5.26. The van der Waals surface area contributed by atoms with Crippen molar-refractivity contribution in [3.8, 4) is 10.8 Å². The van der Waals surface area contributed by atoms with Crippen molar-refractivity contribution in [3.05, 3.63) is 83.3 Å². The van der Waals surface area contributed by atoms with Crippen LogP contribution < -0.4 is 10.6 Å². The van der Waals surface area contributed by atoms with Crippen LogP contribution in [0.4, 0.5) is 0 Å². The molecule has 30 heavy (non-hydrogen) atoms. The van der Waals surface area contributed by atoms with E-state index in [1.165, 1.54) is 11.1 Å². The molecule has 7 nitrogen and oxygen atoms in total. The summed E-state index contributed by atoms with van der Waals surface area (Å²) in [5.74, 6) is 1.35. The molecular weight excluding hydrogens is 511 g/mol. The van der Waals surface area contributed by atoms with E-state index in [4.69, 9.17) is 4.42 Å². The second-order valence-electron chi connectivity index (χ2n) is 6.37. The molecule has 156 valence electrons. The maximum atomic E-state index is 5.56. The Labute approximate surface area is 196 Å². The number of thiophene rings is 1. The van der Waals surface area contributed by atoms with E-state index >= 15 is 0 Å². The predicted octanol–water partition coefficient (Wildman–Crippen LogP) is 4.13. The molecule has 0 radical (unpaired) electrons. The Kier molecular flexibility index (Phi) is 8.03. The van der Waals surface area contributed by atoms with Crippen molar-refractivity contribution in [2.24, 2.45) is 4.99 Å². The highest BCUT2D eigenvalue weighted by atomic mass is 127. The third kappa shape index (κ3) is 5.70. The topological polar surface area (TPSA) is 80.3 Å². The highest BCUT2D eigenvalue weighted by molar-refractivity contribution is 14.0. The van der Waals surface area contributed by atoms with Crippen molar-refractivity contribution in [1.82, 2.24) is 25.4 Å². The van der Waals surface area contributed by atoms with Crippen LogP contribution in [0.3, 0.4) is 0 Å². The average molecular weight is 534 g/mol. The molecular formula is C21H23IN6OS. The standard InChI is InChI=1S/C21H22N6OS.HI/c1-22-21(24-13-18-15-28-20(26-18)19-8-4-11-29-19)23-12-16-6-2-3-7-17(16)14-27-10-5-9-25-27;/h2-11,15H,12-14H2,1H3,(H2,22,23,24);1H. The molecule has 0 amide bonds. The van der Waals surface area contributed by atoms with E-state index in [1.54, 1.807) is 30.8 Å². The third-order valence-electron chi connectivity index (χ3n) is 4.40. The molecule has 0 aliphatic rings. The molecule has 0 unspecified atom stereocenters. The zero-order valence-electron chi connectivity index (χ0n) is 16.5. The minimum absolute atomic E-state index is 0. The van der Waals surface area contributed by atoms with E-state index in [9.17, 15) is 0 Å². The molecule has 0 saturated heterocycles. The lowest BCUT2D eigenvalue weighted by atomic mass is 10.1. The van der Waals surface area contributed by atoms with Gasteiger partial charge in [0, 0.05) is 26.0 Å². The molecule has 9 heteroatoms. The lowest BCUT2D eigenvalue weighted by Crippen LogP contribution is -2.36. The number of guanidine groups is 1. The molecule has 2 N–H and O–H groups in total. The zero-order valence-corrected chi connectivity index (χ0v) is 19.6. The van der Waals surface area contributed by atoms with Gasteiger partial charge >= 0.3 is 0 Å². The molecule has 0 spiro atoms. The van der Waals surface area contributed by atoms with Gasteiger partial charge in [0.05, 0.1) is 23.7 Å². The van der Waals surface area contributed by atoms with Crippen molar-refractivity contribution >= 4 is 41.3 Å². The van der Waals surface area contributed by atoms with Gasteiger partial charge in [-0.05, 0) is 28.6 Å². The van der Waals surface area contributed by atoms with Crippen LogP contribution in [-0.2, 0) is 19.6 Å².